The number of nitrogens with one attached hydrogen (secondary N) is 1. The molecule has 0 aliphatic rings. The third kappa shape index (κ3) is 2.16. The highest BCUT2D eigenvalue weighted by molar-refractivity contribution is 5.46. The zero-order valence-electron chi connectivity index (χ0n) is 9.47. The van der Waals surface area contributed by atoms with Crippen LogP contribution in [0.5, 0.6) is 11.8 Å². The highest BCUT2D eigenvalue weighted by atomic mass is 16.5. The van der Waals surface area contributed by atoms with Gasteiger partial charge in [0.25, 0.3) is 0 Å². The molecule has 0 saturated heterocycles. The fourth-order valence-electron chi connectivity index (χ4n) is 1.44. The number of benzene rings is 1. The summed E-state index contributed by atoms with van der Waals surface area (Å²) in [6.07, 6.45) is 3.64. The Balaban J connectivity index is 2.14. The average molecular weight is 217 g/mol. The lowest BCUT2D eigenvalue weighted by Crippen LogP contribution is -1.97. The normalized spacial score (nSPS) is 10.1. The van der Waals surface area contributed by atoms with E-state index < -0.39 is 0 Å². The Bertz CT molecular complexity index is 448. The lowest BCUT2D eigenvalue weighted by molar-refractivity contribution is 0.415. The van der Waals surface area contributed by atoms with Crippen molar-refractivity contribution in [2.45, 2.75) is 13.5 Å². The maximum atomic E-state index is 5.66. The van der Waals surface area contributed by atoms with E-state index in [-0.39, 0.29) is 0 Å². The zero-order chi connectivity index (χ0) is 11.4. The molecule has 0 fully saturated rings. The highest BCUT2D eigenvalue weighted by Gasteiger charge is 2.03. The van der Waals surface area contributed by atoms with Crippen LogP contribution in [0.25, 0.3) is 0 Å². The topological polar surface area (TPSA) is 39.1 Å². The van der Waals surface area contributed by atoms with Crippen LogP contribution in [0.4, 0.5) is 5.69 Å². The molecule has 0 amide bonds. The smallest absolute Gasteiger partial charge is 0.301 e. The van der Waals surface area contributed by atoms with Gasteiger partial charge in [0.1, 0.15) is 5.75 Å². The van der Waals surface area contributed by atoms with E-state index in [1.165, 1.54) is 0 Å². The van der Waals surface area contributed by atoms with Gasteiger partial charge in [0.15, 0.2) is 0 Å². The average Bonchev–Trinajstić information content (AvgIpc) is 2.77. The standard InChI is InChI=1S/C12H15N3O/c1-3-15-9-8-14-12(15)16-11-6-4-10(13-2)5-7-11/h4-9,13H,3H2,1-2H3. The molecule has 0 saturated carbocycles. The summed E-state index contributed by atoms with van der Waals surface area (Å²) in [6.45, 7) is 2.91. The predicted molar refractivity (Wildman–Crippen MR) is 64.0 cm³/mol. The van der Waals surface area contributed by atoms with Crippen molar-refractivity contribution < 1.29 is 4.74 Å². The Morgan fingerprint density at radius 2 is 2.06 bits per heavy atom. The minimum Gasteiger partial charge on any atom is -0.426 e. The molecule has 0 spiro atoms. The Labute approximate surface area is 94.9 Å². The lowest BCUT2D eigenvalue weighted by Gasteiger charge is -2.07. The van der Waals surface area contributed by atoms with Crippen LogP contribution in [0.2, 0.25) is 0 Å². The van der Waals surface area contributed by atoms with E-state index in [0.717, 1.165) is 18.0 Å². The molecule has 1 aromatic heterocycles. The van der Waals surface area contributed by atoms with Crippen molar-refractivity contribution in [3.05, 3.63) is 36.7 Å². The van der Waals surface area contributed by atoms with E-state index in [4.69, 9.17) is 4.74 Å². The van der Waals surface area contributed by atoms with Crippen molar-refractivity contribution in [1.29, 1.82) is 0 Å². The van der Waals surface area contributed by atoms with Gasteiger partial charge >= 0.3 is 6.01 Å². The SMILES string of the molecule is CCn1ccnc1Oc1ccc(NC)cc1. The number of rotatable bonds is 4. The Hall–Kier alpha value is -1.97. The summed E-state index contributed by atoms with van der Waals surface area (Å²) in [5.41, 5.74) is 1.06. The van der Waals surface area contributed by atoms with Gasteiger partial charge in [-0.25, -0.2) is 4.98 Å². The zero-order valence-corrected chi connectivity index (χ0v) is 9.47. The molecule has 2 aromatic rings. The molecule has 1 aromatic carbocycles. The first-order valence-corrected chi connectivity index (χ1v) is 5.30. The van der Waals surface area contributed by atoms with Crippen molar-refractivity contribution in [2.24, 2.45) is 0 Å². The summed E-state index contributed by atoms with van der Waals surface area (Å²) in [5.74, 6) is 0.792. The molecule has 0 radical (unpaired) electrons. The molecular formula is C12H15N3O. The maximum absolute atomic E-state index is 5.66. The van der Waals surface area contributed by atoms with Gasteiger partial charge < -0.3 is 14.6 Å². The predicted octanol–water partition coefficient (Wildman–Crippen LogP) is 2.74. The molecule has 0 bridgehead atoms. The second-order valence-electron chi connectivity index (χ2n) is 3.37. The van der Waals surface area contributed by atoms with Crippen LogP contribution < -0.4 is 10.1 Å². The first-order chi connectivity index (χ1) is 7.83. The second-order valence-corrected chi connectivity index (χ2v) is 3.37. The van der Waals surface area contributed by atoms with Crippen LogP contribution in [-0.2, 0) is 6.54 Å². The molecule has 84 valence electrons. The number of hydrogen-bond acceptors (Lipinski definition) is 3. The highest BCUT2D eigenvalue weighted by Crippen LogP contribution is 2.21. The van der Waals surface area contributed by atoms with Gasteiger partial charge in [-0.2, -0.15) is 0 Å². The monoisotopic (exact) mass is 217 g/mol. The van der Waals surface area contributed by atoms with Gasteiger partial charge in [-0.05, 0) is 31.2 Å². The number of aromatic nitrogens is 2. The summed E-state index contributed by atoms with van der Waals surface area (Å²) in [6, 6.07) is 8.39. The summed E-state index contributed by atoms with van der Waals surface area (Å²) in [7, 11) is 1.89. The number of aryl methyl sites for hydroxylation is 1. The van der Waals surface area contributed by atoms with Crippen LogP contribution >= 0.6 is 0 Å². The number of anilines is 1. The third-order valence-corrected chi connectivity index (χ3v) is 2.37. The van der Waals surface area contributed by atoms with Gasteiger partial charge in [-0.15, -0.1) is 0 Å². The number of imidazole rings is 1. The van der Waals surface area contributed by atoms with E-state index in [1.807, 2.05) is 42.1 Å². The Kier molecular flexibility index (Phi) is 3.10. The minimum atomic E-state index is 0.625. The summed E-state index contributed by atoms with van der Waals surface area (Å²) >= 11 is 0. The van der Waals surface area contributed by atoms with Crippen LogP contribution in [-0.4, -0.2) is 16.6 Å². The van der Waals surface area contributed by atoms with Crippen molar-refractivity contribution in [1.82, 2.24) is 9.55 Å². The van der Waals surface area contributed by atoms with Gasteiger partial charge in [-0.3, -0.25) is 0 Å². The van der Waals surface area contributed by atoms with Crippen LogP contribution in [0.1, 0.15) is 6.92 Å². The summed E-state index contributed by atoms with van der Waals surface area (Å²) < 4.78 is 7.61. The van der Waals surface area contributed by atoms with E-state index in [0.29, 0.717) is 6.01 Å². The quantitative estimate of drug-likeness (QED) is 0.855. The van der Waals surface area contributed by atoms with Gasteiger partial charge in [-0.1, -0.05) is 0 Å². The first-order valence-electron chi connectivity index (χ1n) is 5.30. The first kappa shape index (κ1) is 10.5. The van der Waals surface area contributed by atoms with Crippen LogP contribution in [0, 0.1) is 0 Å². The molecule has 0 unspecified atom stereocenters. The third-order valence-electron chi connectivity index (χ3n) is 2.37. The van der Waals surface area contributed by atoms with Crippen molar-refractivity contribution >= 4 is 5.69 Å². The number of ether oxygens (including phenoxy) is 1. The van der Waals surface area contributed by atoms with E-state index in [1.54, 1.807) is 6.20 Å². The molecule has 0 aliphatic heterocycles. The number of nitrogens with zero attached hydrogens (tertiary/aromatic N) is 2. The second kappa shape index (κ2) is 4.70. The minimum absolute atomic E-state index is 0.625. The van der Waals surface area contributed by atoms with E-state index in [2.05, 4.69) is 17.2 Å². The van der Waals surface area contributed by atoms with Gasteiger partial charge in [0.05, 0.1) is 0 Å². The van der Waals surface area contributed by atoms with Gasteiger partial charge in [0, 0.05) is 31.7 Å². The maximum Gasteiger partial charge on any atom is 0.301 e. The van der Waals surface area contributed by atoms with E-state index in [9.17, 15) is 0 Å². The summed E-state index contributed by atoms with van der Waals surface area (Å²) in [5, 5.41) is 3.06. The largest absolute Gasteiger partial charge is 0.426 e. The van der Waals surface area contributed by atoms with Gasteiger partial charge in [0.2, 0.25) is 0 Å². The Morgan fingerprint density at radius 3 is 2.69 bits per heavy atom. The molecule has 1 heterocycles. The van der Waals surface area contributed by atoms with Crippen LogP contribution in [0.3, 0.4) is 0 Å². The molecule has 4 heteroatoms. The molecule has 4 nitrogen and oxygen atoms in total. The lowest BCUT2D eigenvalue weighted by atomic mass is 10.3. The van der Waals surface area contributed by atoms with Crippen molar-refractivity contribution in [3.63, 3.8) is 0 Å². The molecule has 1 N–H and O–H groups in total. The fraction of sp³-hybridized carbons (Fsp3) is 0.250. The van der Waals surface area contributed by atoms with Crippen LogP contribution in [0.15, 0.2) is 36.7 Å². The van der Waals surface area contributed by atoms with E-state index >= 15 is 0 Å². The molecule has 16 heavy (non-hydrogen) atoms. The van der Waals surface area contributed by atoms with Crippen molar-refractivity contribution in [3.8, 4) is 11.8 Å². The molecule has 0 aliphatic carbocycles. The number of hydrogen-bond donors (Lipinski definition) is 1. The fourth-order valence-corrected chi connectivity index (χ4v) is 1.44. The Morgan fingerprint density at radius 1 is 1.31 bits per heavy atom. The van der Waals surface area contributed by atoms with Crippen molar-refractivity contribution in [2.75, 3.05) is 12.4 Å². The molecular weight excluding hydrogens is 202 g/mol. The summed E-state index contributed by atoms with van der Waals surface area (Å²) in [4.78, 5) is 4.15. The molecule has 0 atom stereocenters. The molecule has 2 rings (SSSR count).